The monoisotopic (exact) mass is 308 g/mol. The first-order chi connectivity index (χ1) is 10.0. The summed E-state index contributed by atoms with van der Waals surface area (Å²) in [6.07, 6.45) is 0.0724. The number of hydrogen-bond acceptors (Lipinski definition) is 5. The molecular formula is C14H13FN2O3S. The summed E-state index contributed by atoms with van der Waals surface area (Å²) in [7, 11) is 0. The Hall–Kier alpha value is -2.28. The SMILES string of the molecule is CC(=O)Nc1nc(COC(=O)Cc2ccc(F)cc2)cs1. The molecule has 1 aromatic heterocycles. The highest BCUT2D eigenvalue weighted by Crippen LogP contribution is 2.16. The van der Waals surface area contributed by atoms with Crippen molar-refractivity contribution in [2.45, 2.75) is 20.0 Å². The predicted octanol–water partition coefficient (Wildman–Crippen LogP) is 2.53. The Morgan fingerprint density at radius 1 is 1.33 bits per heavy atom. The molecule has 0 aliphatic heterocycles. The maximum atomic E-state index is 12.7. The molecule has 1 aromatic carbocycles. The van der Waals surface area contributed by atoms with Crippen LogP contribution in [0.1, 0.15) is 18.2 Å². The molecule has 2 aromatic rings. The summed E-state index contributed by atoms with van der Waals surface area (Å²) in [6.45, 7) is 1.43. The number of carbonyl (C=O) groups is 2. The standard InChI is InChI=1S/C14H13FN2O3S/c1-9(18)16-14-17-12(8-21-14)7-20-13(19)6-10-2-4-11(15)5-3-10/h2-5,8H,6-7H2,1H3,(H,16,17,18). The molecule has 0 saturated carbocycles. The Kier molecular flexibility index (Phi) is 4.99. The van der Waals surface area contributed by atoms with Crippen molar-refractivity contribution in [3.05, 3.63) is 46.7 Å². The van der Waals surface area contributed by atoms with Crippen molar-refractivity contribution in [2.75, 3.05) is 5.32 Å². The van der Waals surface area contributed by atoms with Gasteiger partial charge in [-0.25, -0.2) is 9.37 Å². The van der Waals surface area contributed by atoms with E-state index in [-0.39, 0.29) is 24.8 Å². The maximum Gasteiger partial charge on any atom is 0.310 e. The number of benzene rings is 1. The first kappa shape index (κ1) is 15.1. The molecule has 1 N–H and O–H groups in total. The van der Waals surface area contributed by atoms with Crippen LogP contribution in [0.3, 0.4) is 0 Å². The summed E-state index contributed by atoms with van der Waals surface area (Å²) in [4.78, 5) is 26.6. The van der Waals surface area contributed by atoms with E-state index in [9.17, 15) is 14.0 Å². The molecule has 0 saturated heterocycles. The first-order valence-electron chi connectivity index (χ1n) is 6.15. The Balaban J connectivity index is 1.82. The summed E-state index contributed by atoms with van der Waals surface area (Å²) in [5.74, 6) is -0.972. The minimum Gasteiger partial charge on any atom is -0.459 e. The number of amides is 1. The molecule has 0 unspecified atom stereocenters. The molecule has 5 nitrogen and oxygen atoms in total. The van der Waals surface area contributed by atoms with Crippen molar-refractivity contribution < 1.29 is 18.7 Å². The molecule has 0 aliphatic rings. The van der Waals surface area contributed by atoms with Crippen molar-refractivity contribution in [3.63, 3.8) is 0 Å². The van der Waals surface area contributed by atoms with Crippen LogP contribution in [0.2, 0.25) is 0 Å². The lowest BCUT2D eigenvalue weighted by Crippen LogP contribution is -2.09. The zero-order chi connectivity index (χ0) is 15.2. The van der Waals surface area contributed by atoms with Gasteiger partial charge in [0.1, 0.15) is 12.4 Å². The number of esters is 1. The van der Waals surface area contributed by atoms with Gasteiger partial charge in [0.05, 0.1) is 12.1 Å². The summed E-state index contributed by atoms with van der Waals surface area (Å²) < 4.78 is 17.8. The fourth-order valence-electron chi connectivity index (χ4n) is 1.56. The summed E-state index contributed by atoms with van der Waals surface area (Å²) in [5, 5.41) is 4.72. The molecular weight excluding hydrogens is 295 g/mol. The van der Waals surface area contributed by atoms with Gasteiger partial charge in [-0.3, -0.25) is 9.59 Å². The van der Waals surface area contributed by atoms with Gasteiger partial charge in [0, 0.05) is 12.3 Å². The van der Waals surface area contributed by atoms with Crippen LogP contribution in [0.5, 0.6) is 0 Å². The van der Waals surface area contributed by atoms with Gasteiger partial charge in [0.2, 0.25) is 5.91 Å². The number of carbonyl (C=O) groups excluding carboxylic acids is 2. The number of halogens is 1. The second-order valence-corrected chi connectivity index (χ2v) is 5.15. The highest BCUT2D eigenvalue weighted by Gasteiger charge is 2.08. The van der Waals surface area contributed by atoms with E-state index in [1.54, 1.807) is 5.38 Å². The molecule has 1 amide bonds. The van der Waals surface area contributed by atoms with E-state index < -0.39 is 5.97 Å². The van der Waals surface area contributed by atoms with Crippen LogP contribution in [-0.2, 0) is 27.4 Å². The van der Waals surface area contributed by atoms with Crippen LogP contribution in [0.25, 0.3) is 0 Å². The van der Waals surface area contributed by atoms with Crippen LogP contribution in [0.4, 0.5) is 9.52 Å². The highest BCUT2D eigenvalue weighted by molar-refractivity contribution is 7.13. The van der Waals surface area contributed by atoms with E-state index in [1.807, 2.05) is 0 Å². The van der Waals surface area contributed by atoms with Crippen molar-refractivity contribution in [1.82, 2.24) is 4.98 Å². The van der Waals surface area contributed by atoms with Crippen LogP contribution >= 0.6 is 11.3 Å². The Morgan fingerprint density at radius 3 is 2.71 bits per heavy atom. The number of anilines is 1. The van der Waals surface area contributed by atoms with Gasteiger partial charge in [-0.1, -0.05) is 12.1 Å². The maximum absolute atomic E-state index is 12.7. The van der Waals surface area contributed by atoms with Gasteiger partial charge in [-0.2, -0.15) is 0 Å². The van der Waals surface area contributed by atoms with E-state index >= 15 is 0 Å². The topological polar surface area (TPSA) is 68.3 Å². The Morgan fingerprint density at radius 2 is 2.05 bits per heavy atom. The van der Waals surface area contributed by atoms with E-state index in [4.69, 9.17) is 4.74 Å². The number of thiazole rings is 1. The number of hydrogen-bond donors (Lipinski definition) is 1. The smallest absolute Gasteiger partial charge is 0.310 e. The number of aromatic nitrogens is 1. The molecule has 0 atom stereocenters. The normalized spacial score (nSPS) is 10.2. The lowest BCUT2D eigenvalue weighted by Gasteiger charge is -2.03. The third-order valence-corrected chi connectivity index (χ3v) is 3.28. The third kappa shape index (κ3) is 4.96. The van der Waals surface area contributed by atoms with Crippen molar-refractivity contribution in [3.8, 4) is 0 Å². The molecule has 0 radical (unpaired) electrons. The summed E-state index contributed by atoms with van der Waals surface area (Å²) in [6, 6.07) is 5.66. The molecule has 0 aliphatic carbocycles. The molecule has 0 bridgehead atoms. The van der Waals surface area contributed by atoms with Crippen molar-refractivity contribution in [1.29, 1.82) is 0 Å². The highest BCUT2D eigenvalue weighted by atomic mass is 32.1. The average Bonchev–Trinajstić information content (AvgIpc) is 2.86. The van der Waals surface area contributed by atoms with Gasteiger partial charge in [-0.15, -0.1) is 11.3 Å². The van der Waals surface area contributed by atoms with E-state index in [0.29, 0.717) is 16.4 Å². The minimum atomic E-state index is -0.421. The Labute approximate surface area is 124 Å². The second kappa shape index (κ2) is 6.94. The molecule has 21 heavy (non-hydrogen) atoms. The molecule has 110 valence electrons. The van der Waals surface area contributed by atoms with Crippen LogP contribution < -0.4 is 5.32 Å². The van der Waals surface area contributed by atoms with Gasteiger partial charge in [-0.05, 0) is 17.7 Å². The lowest BCUT2D eigenvalue weighted by atomic mass is 10.1. The van der Waals surface area contributed by atoms with Crippen LogP contribution in [-0.4, -0.2) is 16.9 Å². The third-order valence-electron chi connectivity index (χ3n) is 2.48. The quantitative estimate of drug-likeness (QED) is 0.862. The molecule has 2 rings (SSSR count). The molecule has 0 fully saturated rings. The molecule has 7 heteroatoms. The summed E-state index contributed by atoms with van der Waals surface area (Å²) >= 11 is 1.26. The fourth-order valence-corrected chi connectivity index (χ4v) is 2.30. The van der Waals surface area contributed by atoms with Crippen molar-refractivity contribution in [2.24, 2.45) is 0 Å². The summed E-state index contributed by atoms with van der Waals surface area (Å²) in [5.41, 5.74) is 1.25. The van der Waals surface area contributed by atoms with Gasteiger partial charge in [0.25, 0.3) is 0 Å². The zero-order valence-corrected chi connectivity index (χ0v) is 12.1. The lowest BCUT2D eigenvalue weighted by molar-refractivity contribution is -0.144. The number of ether oxygens (including phenoxy) is 1. The minimum absolute atomic E-state index is 0.0378. The fraction of sp³-hybridized carbons (Fsp3) is 0.214. The van der Waals surface area contributed by atoms with E-state index in [0.717, 1.165) is 0 Å². The Bertz CT molecular complexity index is 640. The number of rotatable bonds is 5. The second-order valence-electron chi connectivity index (χ2n) is 4.29. The van der Waals surface area contributed by atoms with E-state index in [2.05, 4.69) is 10.3 Å². The average molecular weight is 308 g/mol. The van der Waals surface area contributed by atoms with E-state index in [1.165, 1.54) is 42.5 Å². The van der Waals surface area contributed by atoms with Crippen molar-refractivity contribution >= 4 is 28.3 Å². The van der Waals surface area contributed by atoms with Gasteiger partial charge < -0.3 is 10.1 Å². The molecule has 0 spiro atoms. The predicted molar refractivity (Wildman–Crippen MR) is 76.3 cm³/mol. The van der Waals surface area contributed by atoms with Gasteiger partial charge >= 0.3 is 5.97 Å². The zero-order valence-electron chi connectivity index (χ0n) is 11.3. The first-order valence-corrected chi connectivity index (χ1v) is 7.03. The molecule has 1 heterocycles. The van der Waals surface area contributed by atoms with Crippen LogP contribution in [0.15, 0.2) is 29.6 Å². The van der Waals surface area contributed by atoms with Gasteiger partial charge in [0.15, 0.2) is 5.13 Å². The van der Waals surface area contributed by atoms with Crippen LogP contribution in [0, 0.1) is 5.82 Å². The number of nitrogens with zero attached hydrogens (tertiary/aromatic N) is 1. The largest absolute Gasteiger partial charge is 0.459 e. The number of nitrogens with one attached hydrogen (secondary N) is 1.